The van der Waals surface area contributed by atoms with Crippen LogP contribution in [0.1, 0.15) is 16.1 Å². The molecule has 0 saturated carbocycles. The first-order valence-electron chi connectivity index (χ1n) is 6.91. The Morgan fingerprint density at radius 2 is 2.00 bits per heavy atom. The Balaban J connectivity index is 1.81. The average Bonchev–Trinajstić information content (AvgIpc) is 3.16. The highest BCUT2D eigenvalue weighted by atomic mass is 19.4. The fourth-order valence-electron chi connectivity index (χ4n) is 2.12. The Morgan fingerprint density at radius 1 is 1.21 bits per heavy atom. The summed E-state index contributed by atoms with van der Waals surface area (Å²) in [6, 6.07) is 9.16. The molecule has 0 unspecified atom stereocenters. The maximum absolute atomic E-state index is 12.8. The van der Waals surface area contributed by atoms with Gasteiger partial charge >= 0.3 is 6.18 Å². The molecule has 0 aliphatic rings. The van der Waals surface area contributed by atoms with Gasteiger partial charge in [-0.15, -0.1) is 0 Å². The molecular formula is C16H12F3N3O2. The Kier molecular flexibility index (Phi) is 3.88. The van der Waals surface area contributed by atoms with Gasteiger partial charge in [0.2, 0.25) is 0 Å². The third-order valence-electron chi connectivity index (χ3n) is 3.26. The maximum Gasteiger partial charge on any atom is 0.416 e. The number of amides is 1. The molecule has 0 bridgehead atoms. The van der Waals surface area contributed by atoms with Crippen molar-refractivity contribution in [3.8, 4) is 11.3 Å². The van der Waals surface area contributed by atoms with E-state index < -0.39 is 17.6 Å². The summed E-state index contributed by atoms with van der Waals surface area (Å²) in [6.45, 7) is 0. The van der Waals surface area contributed by atoms with Crippen LogP contribution in [0.4, 0.5) is 19.0 Å². The Morgan fingerprint density at radius 3 is 2.67 bits per heavy atom. The minimum absolute atomic E-state index is 0.0203. The van der Waals surface area contributed by atoms with Gasteiger partial charge in [-0.05, 0) is 24.3 Å². The van der Waals surface area contributed by atoms with Gasteiger partial charge in [0, 0.05) is 24.9 Å². The largest absolute Gasteiger partial charge is 0.451 e. The summed E-state index contributed by atoms with van der Waals surface area (Å²) in [6.07, 6.45) is -2.78. The lowest BCUT2D eigenvalue weighted by Crippen LogP contribution is -2.11. The summed E-state index contributed by atoms with van der Waals surface area (Å²) >= 11 is 0. The molecule has 124 valence electrons. The van der Waals surface area contributed by atoms with Gasteiger partial charge in [-0.3, -0.25) is 9.48 Å². The molecular weight excluding hydrogens is 323 g/mol. The zero-order chi connectivity index (χ0) is 17.3. The molecule has 24 heavy (non-hydrogen) atoms. The third kappa shape index (κ3) is 3.32. The Bertz CT molecular complexity index is 881. The highest BCUT2D eigenvalue weighted by molar-refractivity contribution is 6.02. The molecule has 0 atom stereocenters. The molecule has 3 rings (SSSR count). The fourth-order valence-corrected chi connectivity index (χ4v) is 2.12. The van der Waals surface area contributed by atoms with Crippen molar-refractivity contribution < 1.29 is 22.4 Å². The highest BCUT2D eigenvalue weighted by Gasteiger charge is 2.30. The molecule has 3 aromatic rings. The monoisotopic (exact) mass is 335 g/mol. The summed E-state index contributed by atoms with van der Waals surface area (Å²) in [5.41, 5.74) is -0.544. The Hall–Kier alpha value is -3.03. The van der Waals surface area contributed by atoms with E-state index in [1.807, 2.05) is 0 Å². The van der Waals surface area contributed by atoms with Crippen LogP contribution in [0.3, 0.4) is 0 Å². The first-order valence-corrected chi connectivity index (χ1v) is 6.91. The van der Waals surface area contributed by atoms with Crippen LogP contribution in [-0.4, -0.2) is 15.7 Å². The minimum Gasteiger partial charge on any atom is -0.451 e. The normalized spacial score (nSPS) is 11.5. The van der Waals surface area contributed by atoms with Crippen LogP contribution in [0.25, 0.3) is 11.3 Å². The molecule has 5 nitrogen and oxygen atoms in total. The quantitative estimate of drug-likeness (QED) is 0.788. The summed E-state index contributed by atoms with van der Waals surface area (Å²) in [7, 11) is 1.70. The zero-order valence-corrected chi connectivity index (χ0v) is 12.5. The predicted octanol–water partition coefficient (Wildman–Crippen LogP) is 3.95. The standard InChI is InChI=1S/C16H12F3N3O2/c1-22-8-7-14(21-22)20-15(23)13-6-5-12(24-13)10-3-2-4-11(9-10)16(17,18)19/h2-9H,1H3,(H,20,21,23). The summed E-state index contributed by atoms with van der Waals surface area (Å²) in [5.74, 6) is -0.0354. The second-order valence-electron chi connectivity index (χ2n) is 5.07. The van der Waals surface area contributed by atoms with E-state index in [4.69, 9.17) is 4.42 Å². The number of alkyl halides is 3. The second kappa shape index (κ2) is 5.88. The van der Waals surface area contributed by atoms with Crippen molar-refractivity contribution in [2.24, 2.45) is 7.05 Å². The molecule has 0 spiro atoms. The highest BCUT2D eigenvalue weighted by Crippen LogP contribution is 2.32. The van der Waals surface area contributed by atoms with E-state index >= 15 is 0 Å². The van der Waals surface area contributed by atoms with Crippen LogP contribution in [0, 0.1) is 0 Å². The van der Waals surface area contributed by atoms with E-state index in [0.717, 1.165) is 12.1 Å². The van der Waals surface area contributed by atoms with Crippen LogP contribution in [0.2, 0.25) is 0 Å². The number of nitrogens with one attached hydrogen (secondary N) is 1. The van der Waals surface area contributed by atoms with E-state index in [0.29, 0.717) is 5.82 Å². The van der Waals surface area contributed by atoms with Crippen LogP contribution < -0.4 is 5.32 Å². The topological polar surface area (TPSA) is 60.1 Å². The van der Waals surface area contributed by atoms with Crippen LogP contribution in [0.5, 0.6) is 0 Å². The van der Waals surface area contributed by atoms with Gasteiger partial charge in [0.25, 0.3) is 5.91 Å². The molecule has 1 amide bonds. The molecule has 8 heteroatoms. The van der Waals surface area contributed by atoms with Crippen molar-refractivity contribution in [2.45, 2.75) is 6.18 Å². The van der Waals surface area contributed by atoms with Gasteiger partial charge in [-0.2, -0.15) is 18.3 Å². The van der Waals surface area contributed by atoms with Gasteiger partial charge in [0.1, 0.15) is 5.76 Å². The number of hydrogen-bond acceptors (Lipinski definition) is 3. The lowest BCUT2D eigenvalue weighted by atomic mass is 10.1. The number of aromatic nitrogens is 2. The smallest absolute Gasteiger partial charge is 0.416 e. The number of halogens is 3. The van der Waals surface area contributed by atoms with Crippen LogP contribution in [-0.2, 0) is 13.2 Å². The van der Waals surface area contributed by atoms with Crippen molar-refractivity contribution in [1.82, 2.24) is 9.78 Å². The second-order valence-corrected chi connectivity index (χ2v) is 5.07. The number of carbonyl (C=O) groups is 1. The molecule has 2 aromatic heterocycles. The van der Waals surface area contributed by atoms with E-state index in [9.17, 15) is 18.0 Å². The lowest BCUT2D eigenvalue weighted by molar-refractivity contribution is -0.137. The number of aryl methyl sites for hydroxylation is 1. The van der Waals surface area contributed by atoms with E-state index in [1.54, 1.807) is 19.3 Å². The number of hydrogen-bond donors (Lipinski definition) is 1. The van der Waals surface area contributed by atoms with Crippen molar-refractivity contribution in [1.29, 1.82) is 0 Å². The molecule has 0 fully saturated rings. The van der Waals surface area contributed by atoms with Crippen molar-refractivity contribution in [3.05, 3.63) is 60.0 Å². The Labute approximate surface area is 134 Å². The number of nitrogens with zero attached hydrogens (tertiary/aromatic N) is 2. The summed E-state index contributed by atoms with van der Waals surface area (Å²) in [5, 5.41) is 6.53. The molecule has 0 aliphatic carbocycles. The molecule has 1 aromatic carbocycles. The third-order valence-corrected chi connectivity index (χ3v) is 3.26. The number of benzene rings is 1. The van der Waals surface area contributed by atoms with Gasteiger partial charge in [-0.25, -0.2) is 0 Å². The van der Waals surface area contributed by atoms with Crippen LogP contribution >= 0.6 is 0 Å². The van der Waals surface area contributed by atoms with Gasteiger partial charge < -0.3 is 9.73 Å². The molecule has 1 N–H and O–H groups in total. The van der Waals surface area contributed by atoms with E-state index in [2.05, 4.69) is 10.4 Å². The SMILES string of the molecule is Cn1ccc(NC(=O)c2ccc(-c3cccc(C(F)(F)F)c3)o2)n1. The maximum atomic E-state index is 12.8. The van der Waals surface area contributed by atoms with E-state index in [1.165, 1.54) is 28.9 Å². The summed E-state index contributed by atoms with van der Waals surface area (Å²) < 4.78 is 45.2. The predicted molar refractivity (Wildman–Crippen MR) is 80.3 cm³/mol. The van der Waals surface area contributed by atoms with Crippen molar-refractivity contribution in [3.63, 3.8) is 0 Å². The molecule has 0 saturated heterocycles. The molecule has 2 heterocycles. The number of rotatable bonds is 3. The lowest BCUT2D eigenvalue weighted by Gasteiger charge is -2.07. The van der Waals surface area contributed by atoms with E-state index in [-0.39, 0.29) is 17.1 Å². The molecule has 0 radical (unpaired) electrons. The number of anilines is 1. The molecule has 0 aliphatic heterocycles. The van der Waals surface area contributed by atoms with Crippen LogP contribution in [0.15, 0.2) is 53.1 Å². The van der Waals surface area contributed by atoms with Crippen molar-refractivity contribution in [2.75, 3.05) is 5.32 Å². The fraction of sp³-hybridized carbons (Fsp3) is 0.125. The average molecular weight is 335 g/mol. The summed E-state index contributed by atoms with van der Waals surface area (Å²) in [4.78, 5) is 12.1. The van der Waals surface area contributed by atoms with Gasteiger partial charge in [0.15, 0.2) is 11.6 Å². The number of carbonyl (C=O) groups excluding carboxylic acids is 1. The first-order chi connectivity index (χ1) is 11.3. The van der Waals surface area contributed by atoms with Crippen molar-refractivity contribution >= 4 is 11.7 Å². The van der Waals surface area contributed by atoms with Gasteiger partial charge in [0.05, 0.1) is 5.56 Å². The minimum atomic E-state index is -4.44. The van der Waals surface area contributed by atoms with Gasteiger partial charge in [-0.1, -0.05) is 12.1 Å². The first kappa shape index (κ1) is 15.9. The zero-order valence-electron chi connectivity index (χ0n) is 12.5. The number of furan rings is 1.